The zero-order valence-electron chi connectivity index (χ0n) is 13.9. The van der Waals surface area contributed by atoms with Crippen LogP contribution in [0.15, 0.2) is 36.4 Å². The van der Waals surface area contributed by atoms with Crippen molar-refractivity contribution in [1.29, 1.82) is 0 Å². The number of anilines is 1. The number of nitrogens with one attached hydrogen (secondary N) is 1. The minimum atomic E-state index is -0.538. The third kappa shape index (κ3) is 3.42. The van der Waals surface area contributed by atoms with Crippen LogP contribution in [0.25, 0.3) is 0 Å². The summed E-state index contributed by atoms with van der Waals surface area (Å²) in [7, 11) is 0. The van der Waals surface area contributed by atoms with Gasteiger partial charge in [0.05, 0.1) is 5.02 Å². The highest BCUT2D eigenvalue weighted by Gasteiger charge is 2.44. The maximum absolute atomic E-state index is 13.1. The lowest BCUT2D eigenvalue weighted by molar-refractivity contribution is -0.118. The van der Waals surface area contributed by atoms with Gasteiger partial charge in [-0.15, -0.1) is 0 Å². The van der Waals surface area contributed by atoms with Crippen molar-refractivity contribution >= 4 is 23.2 Å². The molecule has 1 heterocycles. The third-order valence-electron chi connectivity index (χ3n) is 4.45. The van der Waals surface area contributed by atoms with Crippen molar-refractivity contribution in [2.24, 2.45) is 0 Å². The van der Waals surface area contributed by atoms with Crippen LogP contribution in [-0.4, -0.2) is 18.3 Å². The van der Waals surface area contributed by atoms with Gasteiger partial charge >= 0.3 is 0 Å². The molecule has 136 valence electrons. The van der Waals surface area contributed by atoms with E-state index in [2.05, 4.69) is 5.32 Å². The number of hydrogen-bond donors (Lipinski definition) is 1. The van der Waals surface area contributed by atoms with Gasteiger partial charge in [-0.3, -0.25) is 4.79 Å². The smallest absolute Gasteiger partial charge is 0.262 e. The Morgan fingerprint density at radius 2 is 1.92 bits per heavy atom. The van der Waals surface area contributed by atoms with Crippen molar-refractivity contribution in [3.63, 3.8) is 0 Å². The summed E-state index contributed by atoms with van der Waals surface area (Å²) in [5, 5.41) is 2.68. The van der Waals surface area contributed by atoms with Gasteiger partial charge in [-0.05, 0) is 37.1 Å². The van der Waals surface area contributed by atoms with Crippen molar-refractivity contribution < 1.29 is 23.4 Å². The molecule has 1 fully saturated rings. The highest BCUT2D eigenvalue weighted by atomic mass is 35.5. The Hall–Kier alpha value is -2.47. The monoisotopic (exact) mass is 377 g/mol. The normalized spacial score (nSPS) is 16.7. The molecule has 1 aliphatic heterocycles. The molecule has 7 heteroatoms. The van der Waals surface area contributed by atoms with Crippen LogP contribution >= 0.6 is 11.6 Å². The number of rotatable bonds is 4. The van der Waals surface area contributed by atoms with Gasteiger partial charge in [0.25, 0.3) is 11.7 Å². The van der Waals surface area contributed by atoms with Gasteiger partial charge in [-0.25, -0.2) is 4.39 Å². The predicted octanol–water partition coefficient (Wildman–Crippen LogP) is 4.54. The number of ether oxygens (including phenoxy) is 3. The maximum Gasteiger partial charge on any atom is 0.262 e. The second kappa shape index (κ2) is 6.68. The second-order valence-electron chi connectivity index (χ2n) is 6.40. The van der Waals surface area contributed by atoms with Gasteiger partial charge in [0.2, 0.25) is 0 Å². The molecule has 0 atom stereocenters. The van der Waals surface area contributed by atoms with E-state index in [0.717, 1.165) is 25.7 Å². The van der Waals surface area contributed by atoms with Crippen LogP contribution in [-0.2, 0) is 4.79 Å². The van der Waals surface area contributed by atoms with Crippen LogP contribution in [0.3, 0.4) is 0 Å². The van der Waals surface area contributed by atoms with Crippen LogP contribution in [0.2, 0.25) is 5.02 Å². The first-order valence-electron chi connectivity index (χ1n) is 8.43. The van der Waals surface area contributed by atoms with Gasteiger partial charge in [0.1, 0.15) is 11.6 Å². The molecule has 0 aromatic heterocycles. The lowest BCUT2D eigenvalue weighted by Gasteiger charge is -2.21. The molecular weight excluding hydrogens is 361 g/mol. The molecule has 2 aliphatic rings. The summed E-state index contributed by atoms with van der Waals surface area (Å²) in [6, 6.07) is 9.21. The third-order valence-corrected chi connectivity index (χ3v) is 4.74. The number of hydrogen-bond acceptors (Lipinski definition) is 4. The lowest BCUT2D eigenvalue weighted by Crippen LogP contribution is -2.34. The molecule has 2 aromatic carbocycles. The summed E-state index contributed by atoms with van der Waals surface area (Å²) in [5.74, 6) is 0.234. The van der Waals surface area contributed by atoms with Gasteiger partial charge in [0, 0.05) is 30.7 Å². The minimum absolute atomic E-state index is 0.0560. The molecule has 5 nitrogen and oxygen atoms in total. The van der Waals surface area contributed by atoms with E-state index in [1.165, 1.54) is 18.2 Å². The summed E-state index contributed by atoms with van der Waals surface area (Å²) in [4.78, 5) is 12.1. The van der Waals surface area contributed by atoms with Crippen LogP contribution in [0.4, 0.5) is 10.1 Å². The van der Waals surface area contributed by atoms with E-state index in [1.807, 2.05) is 0 Å². The largest absolute Gasteiger partial charge is 0.484 e. The predicted molar refractivity (Wildman–Crippen MR) is 94.4 cm³/mol. The molecule has 0 unspecified atom stereocenters. The number of halogens is 2. The zero-order valence-corrected chi connectivity index (χ0v) is 14.6. The molecule has 0 bridgehead atoms. The molecule has 1 aliphatic carbocycles. The molecule has 26 heavy (non-hydrogen) atoms. The fraction of sp³-hybridized carbons (Fsp3) is 0.316. The van der Waals surface area contributed by atoms with Crippen molar-refractivity contribution in [3.05, 3.63) is 47.2 Å². The summed E-state index contributed by atoms with van der Waals surface area (Å²) < 4.78 is 30.4. The summed E-state index contributed by atoms with van der Waals surface area (Å²) in [5.41, 5.74) is 0.591. The van der Waals surface area contributed by atoms with E-state index in [0.29, 0.717) is 22.9 Å². The Kier molecular flexibility index (Phi) is 4.36. The van der Waals surface area contributed by atoms with Gasteiger partial charge in [-0.2, -0.15) is 0 Å². The van der Waals surface area contributed by atoms with E-state index in [1.54, 1.807) is 18.2 Å². The van der Waals surface area contributed by atoms with Gasteiger partial charge in [0.15, 0.2) is 18.1 Å². The minimum Gasteiger partial charge on any atom is -0.484 e. The Morgan fingerprint density at radius 3 is 2.69 bits per heavy atom. The Morgan fingerprint density at radius 1 is 1.15 bits per heavy atom. The standard InChI is InChI=1S/C19H17ClFNO4/c20-14-10-13(4-5-15(14)21)24-11-18(23)22-12-3-6-16-17(9-12)26-19(25-16)7-1-2-8-19/h3-6,9-10H,1-2,7-8,11H2,(H,22,23). The molecule has 0 saturated heterocycles. The maximum atomic E-state index is 13.1. The van der Waals surface area contributed by atoms with Crippen LogP contribution < -0.4 is 19.5 Å². The topological polar surface area (TPSA) is 56.8 Å². The average molecular weight is 378 g/mol. The lowest BCUT2D eigenvalue weighted by atomic mass is 10.2. The van der Waals surface area contributed by atoms with Crippen LogP contribution in [0.5, 0.6) is 17.2 Å². The fourth-order valence-corrected chi connectivity index (χ4v) is 3.37. The molecule has 1 N–H and O–H groups in total. The zero-order chi connectivity index (χ0) is 18.1. The number of amides is 1. The molecule has 1 spiro atoms. The van der Waals surface area contributed by atoms with E-state index < -0.39 is 11.6 Å². The number of carbonyl (C=O) groups is 1. The quantitative estimate of drug-likeness (QED) is 0.850. The van der Waals surface area contributed by atoms with E-state index >= 15 is 0 Å². The first kappa shape index (κ1) is 17.0. The average Bonchev–Trinajstić information content (AvgIpc) is 3.21. The summed E-state index contributed by atoms with van der Waals surface area (Å²) >= 11 is 5.68. The molecule has 1 saturated carbocycles. The number of fused-ring (bicyclic) bond motifs is 1. The Labute approximate surface area is 155 Å². The van der Waals surface area contributed by atoms with Crippen molar-refractivity contribution in [2.75, 3.05) is 11.9 Å². The van der Waals surface area contributed by atoms with Crippen LogP contribution in [0, 0.1) is 5.82 Å². The second-order valence-corrected chi connectivity index (χ2v) is 6.80. The number of carbonyl (C=O) groups excluding carboxylic acids is 1. The Balaban J connectivity index is 1.36. The first-order chi connectivity index (χ1) is 12.5. The van der Waals surface area contributed by atoms with Crippen molar-refractivity contribution in [3.8, 4) is 17.2 Å². The molecule has 0 radical (unpaired) electrons. The van der Waals surface area contributed by atoms with E-state index in [4.69, 9.17) is 25.8 Å². The van der Waals surface area contributed by atoms with Crippen molar-refractivity contribution in [1.82, 2.24) is 0 Å². The summed E-state index contributed by atoms with van der Waals surface area (Å²) in [6.45, 7) is -0.222. The van der Waals surface area contributed by atoms with E-state index in [9.17, 15) is 9.18 Å². The highest BCUT2D eigenvalue weighted by molar-refractivity contribution is 6.30. The summed E-state index contributed by atoms with van der Waals surface area (Å²) in [6.07, 6.45) is 3.92. The van der Waals surface area contributed by atoms with Gasteiger partial charge < -0.3 is 19.5 Å². The van der Waals surface area contributed by atoms with Crippen LogP contribution in [0.1, 0.15) is 25.7 Å². The van der Waals surface area contributed by atoms with Gasteiger partial charge in [-0.1, -0.05) is 11.6 Å². The molecule has 4 rings (SSSR count). The fourth-order valence-electron chi connectivity index (χ4n) is 3.20. The molecular formula is C19H17ClFNO4. The molecule has 2 aromatic rings. The highest BCUT2D eigenvalue weighted by Crippen LogP contribution is 2.47. The van der Waals surface area contributed by atoms with E-state index in [-0.39, 0.29) is 17.5 Å². The van der Waals surface area contributed by atoms with Crippen molar-refractivity contribution in [2.45, 2.75) is 31.5 Å². The molecule has 1 amide bonds. The Bertz CT molecular complexity index is 851. The SMILES string of the molecule is O=C(COc1ccc(F)c(Cl)c1)Nc1ccc2c(c1)OC1(CCCC1)O2. The number of benzene rings is 2. The first-order valence-corrected chi connectivity index (χ1v) is 8.81.